The van der Waals surface area contributed by atoms with E-state index in [1.165, 1.54) is 5.56 Å². The summed E-state index contributed by atoms with van der Waals surface area (Å²) < 4.78 is 0. The monoisotopic (exact) mass is 388 g/mol. The van der Waals surface area contributed by atoms with Gasteiger partial charge in [-0.15, -0.1) is 0 Å². The van der Waals surface area contributed by atoms with Crippen LogP contribution in [0.3, 0.4) is 0 Å². The summed E-state index contributed by atoms with van der Waals surface area (Å²) in [6, 6.07) is 8.06. The molecule has 29 heavy (non-hydrogen) atoms. The standard InChI is InChI=1S/C26H32N2O/c1-6-7-8-19(2)9-10-21-11-12-23(17-20(21)3)28-25(29)24(18-27)22-13-15-26(4,5)16-14-22/h6-8,11-12,17H,1-2,9-10,13-16H2,3-5H3,(H,28,29)/b8-7-. The average molecular weight is 389 g/mol. The van der Waals surface area contributed by atoms with E-state index in [1.807, 2.05) is 37.3 Å². The van der Waals surface area contributed by atoms with E-state index >= 15 is 0 Å². The van der Waals surface area contributed by atoms with Gasteiger partial charge < -0.3 is 5.32 Å². The fraction of sp³-hybridized carbons (Fsp3) is 0.385. The van der Waals surface area contributed by atoms with Crippen molar-refractivity contribution >= 4 is 11.6 Å². The van der Waals surface area contributed by atoms with E-state index in [0.717, 1.165) is 60.9 Å². The highest BCUT2D eigenvalue weighted by atomic mass is 16.1. The van der Waals surface area contributed by atoms with Crippen molar-refractivity contribution in [2.24, 2.45) is 5.41 Å². The number of hydrogen-bond acceptors (Lipinski definition) is 2. The van der Waals surface area contributed by atoms with Gasteiger partial charge in [-0.05, 0) is 79.7 Å². The highest BCUT2D eigenvalue weighted by Gasteiger charge is 2.27. The molecule has 0 aliphatic heterocycles. The van der Waals surface area contributed by atoms with Crippen LogP contribution in [0.5, 0.6) is 0 Å². The van der Waals surface area contributed by atoms with E-state index in [-0.39, 0.29) is 11.5 Å². The summed E-state index contributed by atoms with van der Waals surface area (Å²) in [5.41, 5.74) is 5.70. The van der Waals surface area contributed by atoms with Crippen LogP contribution in [-0.4, -0.2) is 5.91 Å². The molecule has 3 nitrogen and oxygen atoms in total. The van der Waals surface area contributed by atoms with Gasteiger partial charge >= 0.3 is 0 Å². The van der Waals surface area contributed by atoms with E-state index in [9.17, 15) is 10.1 Å². The Morgan fingerprint density at radius 2 is 2.00 bits per heavy atom. The van der Waals surface area contributed by atoms with E-state index in [2.05, 4.69) is 38.4 Å². The predicted molar refractivity (Wildman–Crippen MR) is 121 cm³/mol. The molecule has 1 N–H and O–H groups in total. The van der Waals surface area contributed by atoms with Gasteiger partial charge in [0.25, 0.3) is 5.91 Å². The van der Waals surface area contributed by atoms with Crippen LogP contribution < -0.4 is 5.32 Å². The molecule has 0 radical (unpaired) electrons. The van der Waals surface area contributed by atoms with Crippen LogP contribution in [0.25, 0.3) is 0 Å². The minimum Gasteiger partial charge on any atom is -0.321 e. The first-order valence-corrected chi connectivity index (χ1v) is 10.3. The van der Waals surface area contributed by atoms with E-state index in [1.54, 1.807) is 6.08 Å². The van der Waals surface area contributed by atoms with Crippen LogP contribution in [0.2, 0.25) is 0 Å². The fourth-order valence-corrected chi connectivity index (χ4v) is 3.60. The molecule has 1 aliphatic carbocycles. The Labute approximate surface area is 175 Å². The third kappa shape index (κ3) is 6.61. The quantitative estimate of drug-likeness (QED) is 0.326. The third-order valence-electron chi connectivity index (χ3n) is 5.68. The lowest BCUT2D eigenvalue weighted by Crippen LogP contribution is -2.21. The lowest BCUT2D eigenvalue weighted by molar-refractivity contribution is -0.112. The molecule has 1 saturated carbocycles. The maximum atomic E-state index is 12.7. The lowest BCUT2D eigenvalue weighted by Gasteiger charge is -2.31. The maximum Gasteiger partial charge on any atom is 0.266 e. The smallest absolute Gasteiger partial charge is 0.266 e. The lowest BCUT2D eigenvalue weighted by atomic mass is 9.74. The first-order chi connectivity index (χ1) is 13.8. The Hall–Kier alpha value is -2.86. The van der Waals surface area contributed by atoms with Crippen molar-refractivity contribution in [2.75, 3.05) is 5.32 Å². The largest absolute Gasteiger partial charge is 0.321 e. The highest BCUT2D eigenvalue weighted by molar-refractivity contribution is 6.07. The second kappa shape index (κ2) is 10.1. The highest BCUT2D eigenvalue weighted by Crippen LogP contribution is 2.38. The Morgan fingerprint density at radius 1 is 1.31 bits per heavy atom. The summed E-state index contributed by atoms with van der Waals surface area (Å²) in [5.74, 6) is -0.294. The number of hydrogen-bond donors (Lipinski definition) is 1. The molecule has 0 unspecified atom stereocenters. The van der Waals surface area contributed by atoms with Gasteiger partial charge in [-0.1, -0.05) is 56.9 Å². The van der Waals surface area contributed by atoms with Gasteiger partial charge in [0, 0.05) is 5.69 Å². The number of aryl methyl sites for hydroxylation is 2. The Bertz CT molecular complexity index is 882. The molecule has 0 spiro atoms. The Kier molecular flexibility index (Phi) is 7.79. The van der Waals surface area contributed by atoms with Gasteiger partial charge in [0.2, 0.25) is 0 Å². The van der Waals surface area contributed by atoms with Crippen LogP contribution in [-0.2, 0) is 11.2 Å². The molecule has 1 aromatic carbocycles. The van der Waals surface area contributed by atoms with E-state index in [0.29, 0.717) is 5.41 Å². The number of allylic oxidation sites excluding steroid dienone is 5. The zero-order chi connectivity index (χ0) is 21.4. The van der Waals surface area contributed by atoms with Crippen LogP contribution in [0.4, 0.5) is 5.69 Å². The number of carbonyl (C=O) groups is 1. The summed E-state index contributed by atoms with van der Waals surface area (Å²) >= 11 is 0. The first kappa shape index (κ1) is 22.4. The van der Waals surface area contributed by atoms with Crippen LogP contribution in [0.1, 0.15) is 57.1 Å². The van der Waals surface area contributed by atoms with Crippen molar-refractivity contribution in [1.29, 1.82) is 5.26 Å². The molecule has 1 fully saturated rings. The predicted octanol–water partition coefficient (Wildman–Crippen LogP) is 6.58. The van der Waals surface area contributed by atoms with Crippen molar-refractivity contribution < 1.29 is 4.79 Å². The zero-order valence-corrected chi connectivity index (χ0v) is 18.0. The van der Waals surface area contributed by atoms with Crippen molar-refractivity contribution in [2.45, 2.75) is 59.3 Å². The molecule has 1 aromatic rings. The minimum absolute atomic E-state index is 0.285. The topological polar surface area (TPSA) is 52.9 Å². The second-order valence-corrected chi connectivity index (χ2v) is 8.60. The van der Waals surface area contributed by atoms with E-state index < -0.39 is 0 Å². The number of benzene rings is 1. The van der Waals surface area contributed by atoms with Crippen LogP contribution in [0.15, 0.2) is 66.3 Å². The van der Waals surface area contributed by atoms with Gasteiger partial charge in [0.15, 0.2) is 0 Å². The summed E-state index contributed by atoms with van der Waals surface area (Å²) in [4.78, 5) is 12.7. The molecule has 1 aliphatic rings. The van der Waals surface area contributed by atoms with Crippen molar-refractivity contribution in [3.63, 3.8) is 0 Å². The molecule has 2 rings (SSSR count). The van der Waals surface area contributed by atoms with Gasteiger partial charge in [-0.2, -0.15) is 5.26 Å². The van der Waals surface area contributed by atoms with Gasteiger partial charge in [-0.3, -0.25) is 4.79 Å². The molecule has 0 heterocycles. The molecule has 152 valence electrons. The normalized spacial score (nSPS) is 15.6. The zero-order valence-electron chi connectivity index (χ0n) is 18.0. The molecule has 0 aromatic heterocycles. The SMILES string of the molecule is C=C/C=C\C(=C)CCc1ccc(NC(=O)C(C#N)=C2CCC(C)(C)CC2)cc1C. The first-order valence-electron chi connectivity index (χ1n) is 10.3. The molecule has 0 saturated heterocycles. The number of nitriles is 1. The summed E-state index contributed by atoms with van der Waals surface area (Å²) in [6.45, 7) is 14.2. The van der Waals surface area contributed by atoms with Crippen LogP contribution in [0, 0.1) is 23.7 Å². The number of rotatable bonds is 7. The number of carbonyl (C=O) groups excluding carboxylic acids is 1. The summed E-state index contributed by atoms with van der Waals surface area (Å²) in [6.07, 6.45) is 11.1. The van der Waals surface area contributed by atoms with Crippen molar-refractivity contribution in [3.8, 4) is 6.07 Å². The molecular weight excluding hydrogens is 356 g/mol. The maximum absolute atomic E-state index is 12.7. The summed E-state index contributed by atoms with van der Waals surface area (Å²) in [5, 5.41) is 12.5. The molecular formula is C26H32N2O. The number of nitrogens with zero attached hydrogens (tertiary/aromatic N) is 1. The van der Waals surface area contributed by atoms with E-state index in [4.69, 9.17) is 0 Å². The minimum atomic E-state index is -0.294. The van der Waals surface area contributed by atoms with Crippen LogP contribution >= 0.6 is 0 Å². The van der Waals surface area contributed by atoms with Crippen molar-refractivity contribution in [1.82, 2.24) is 0 Å². The fourth-order valence-electron chi connectivity index (χ4n) is 3.60. The number of nitrogens with one attached hydrogen (secondary N) is 1. The van der Waals surface area contributed by atoms with Crippen molar-refractivity contribution in [3.05, 3.63) is 77.4 Å². The number of anilines is 1. The average Bonchev–Trinajstić information content (AvgIpc) is 2.67. The molecule has 0 bridgehead atoms. The Morgan fingerprint density at radius 3 is 2.59 bits per heavy atom. The van der Waals surface area contributed by atoms with Gasteiger partial charge in [0.05, 0.1) is 0 Å². The number of amides is 1. The van der Waals surface area contributed by atoms with Gasteiger partial charge in [-0.25, -0.2) is 0 Å². The summed E-state index contributed by atoms with van der Waals surface area (Å²) in [7, 11) is 0. The third-order valence-corrected chi connectivity index (χ3v) is 5.68. The molecule has 3 heteroatoms. The Balaban J connectivity index is 2.04. The molecule has 1 amide bonds. The van der Waals surface area contributed by atoms with Gasteiger partial charge in [0.1, 0.15) is 11.6 Å². The second-order valence-electron chi connectivity index (χ2n) is 8.60. The molecule has 0 atom stereocenters.